The molecule has 1 aromatic heterocycles. The van der Waals surface area contributed by atoms with Crippen LogP contribution in [0.4, 0.5) is 4.39 Å². The minimum absolute atomic E-state index is 0. The van der Waals surface area contributed by atoms with Crippen molar-refractivity contribution in [3.63, 3.8) is 0 Å². The molecule has 0 saturated heterocycles. The molecule has 0 unspecified atom stereocenters. The van der Waals surface area contributed by atoms with E-state index < -0.39 is 0 Å². The molecular weight excluding hydrogens is 305 g/mol. The van der Waals surface area contributed by atoms with E-state index in [0.29, 0.717) is 17.8 Å². The molecule has 120 valence electrons. The molecule has 1 aliphatic rings. The lowest BCUT2D eigenvalue weighted by Gasteiger charge is -2.22. The number of halogens is 2. The molecule has 1 aromatic carbocycles. The Morgan fingerprint density at radius 2 is 1.86 bits per heavy atom. The van der Waals surface area contributed by atoms with Crippen molar-refractivity contribution in [2.24, 2.45) is 0 Å². The van der Waals surface area contributed by atoms with Gasteiger partial charge in [0.1, 0.15) is 5.82 Å². The van der Waals surface area contributed by atoms with Gasteiger partial charge in [0.25, 0.3) is 0 Å². The molecule has 1 heterocycles. The monoisotopic (exact) mass is 325 g/mol. The highest BCUT2D eigenvalue weighted by Gasteiger charge is 2.13. The Labute approximate surface area is 135 Å². The van der Waals surface area contributed by atoms with Crippen molar-refractivity contribution in [2.45, 2.75) is 44.6 Å². The maximum Gasteiger partial charge on any atom is 0.228 e. The van der Waals surface area contributed by atoms with E-state index in [1.54, 1.807) is 12.1 Å². The van der Waals surface area contributed by atoms with Gasteiger partial charge in [0.05, 0.1) is 0 Å². The van der Waals surface area contributed by atoms with Crippen LogP contribution in [0.5, 0.6) is 0 Å². The summed E-state index contributed by atoms with van der Waals surface area (Å²) >= 11 is 0. The van der Waals surface area contributed by atoms with Crippen LogP contribution >= 0.6 is 12.4 Å². The highest BCUT2D eigenvalue weighted by molar-refractivity contribution is 5.85. The largest absolute Gasteiger partial charge is 0.339 e. The predicted molar refractivity (Wildman–Crippen MR) is 85.5 cm³/mol. The van der Waals surface area contributed by atoms with Gasteiger partial charge in [-0.3, -0.25) is 0 Å². The molecule has 1 saturated carbocycles. The lowest BCUT2D eigenvalue weighted by molar-refractivity contribution is 0.351. The van der Waals surface area contributed by atoms with Crippen molar-refractivity contribution < 1.29 is 8.91 Å². The zero-order valence-corrected chi connectivity index (χ0v) is 13.2. The fraction of sp³-hybridized carbons (Fsp3) is 0.500. The average Bonchev–Trinajstić information content (AvgIpc) is 2.98. The van der Waals surface area contributed by atoms with E-state index in [-0.39, 0.29) is 18.2 Å². The van der Waals surface area contributed by atoms with Crippen LogP contribution in [-0.2, 0) is 6.42 Å². The number of hydrogen-bond donors (Lipinski definition) is 1. The van der Waals surface area contributed by atoms with Crippen LogP contribution in [0.15, 0.2) is 28.8 Å². The lowest BCUT2D eigenvalue weighted by Crippen LogP contribution is -2.32. The Bertz CT molecular complexity index is 567. The van der Waals surface area contributed by atoms with Gasteiger partial charge in [0.15, 0.2) is 0 Å². The molecule has 0 spiro atoms. The third-order valence-corrected chi connectivity index (χ3v) is 3.95. The maximum atomic E-state index is 12.9. The number of nitrogens with zero attached hydrogens (tertiary/aromatic N) is 2. The Balaban J connectivity index is 0.00000176. The van der Waals surface area contributed by atoms with Crippen molar-refractivity contribution in [2.75, 3.05) is 6.54 Å². The molecule has 0 amide bonds. The molecule has 1 fully saturated rings. The summed E-state index contributed by atoms with van der Waals surface area (Å²) in [6.07, 6.45) is 7.28. The Hall–Kier alpha value is -1.46. The number of rotatable bonds is 5. The zero-order valence-electron chi connectivity index (χ0n) is 12.4. The van der Waals surface area contributed by atoms with Crippen LogP contribution in [0.1, 0.15) is 38.0 Å². The smallest absolute Gasteiger partial charge is 0.228 e. The van der Waals surface area contributed by atoms with Gasteiger partial charge in [0, 0.05) is 24.6 Å². The topological polar surface area (TPSA) is 51.0 Å². The average molecular weight is 326 g/mol. The molecule has 2 aromatic rings. The summed E-state index contributed by atoms with van der Waals surface area (Å²) in [5.41, 5.74) is 0.770. The quantitative estimate of drug-likeness (QED) is 0.909. The lowest BCUT2D eigenvalue weighted by atomic mass is 9.95. The first-order chi connectivity index (χ1) is 10.3. The van der Waals surface area contributed by atoms with Gasteiger partial charge < -0.3 is 9.84 Å². The van der Waals surface area contributed by atoms with Gasteiger partial charge in [-0.25, -0.2) is 4.39 Å². The fourth-order valence-corrected chi connectivity index (χ4v) is 2.76. The first-order valence-electron chi connectivity index (χ1n) is 7.63. The summed E-state index contributed by atoms with van der Waals surface area (Å²) in [6.45, 7) is 0.857. The van der Waals surface area contributed by atoms with Gasteiger partial charge >= 0.3 is 0 Å². The van der Waals surface area contributed by atoms with Gasteiger partial charge in [-0.15, -0.1) is 12.4 Å². The van der Waals surface area contributed by atoms with Crippen LogP contribution in [0.2, 0.25) is 0 Å². The molecule has 6 heteroatoms. The highest BCUT2D eigenvalue weighted by Crippen LogP contribution is 2.18. The van der Waals surface area contributed by atoms with Crippen LogP contribution in [0, 0.1) is 5.82 Å². The van der Waals surface area contributed by atoms with Crippen molar-refractivity contribution in [1.29, 1.82) is 0 Å². The van der Waals surface area contributed by atoms with E-state index in [0.717, 1.165) is 18.5 Å². The van der Waals surface area contributed by atoms with E-state index in [2.05, 4.69) is 15.5 Å². The highest BCUT2D eigenvalue weighted by atomic mass is 35.5. The second-order valence-corrected chi connectivity index (χ2v) is 5.56. The second kappa shape index (κ2) is 8.25. The third kappa shape index (κ3) is 4.52. The zero-order chi connectivity index (χ0) is 14.5. The summed E-state index contributed by atoms with van der Waals surface area (Å²) in [6, 6.07) is 6.75. The van der Waals surface area contributed by atoms with E-state index in [1.807, 2.05) is 0 Å². The van der Waals surface area contributed by atoms with Crippen molar-refractivity contribution in [1.82, 2.24) is 15.5 Å². The molecule has 4 nitrogen and oxygen atoms in total. The van der Waals surface area contributed by atoms with Crippen LogP contribution in [0.25, 0.3) is 11.4 Å². The van der Waals surface area contributed by atoms with E-state index in [9.17, 15) is 4.39 Å². The summed E-state index contributed by atoms with van der Waals surface area (Å²) in [4.78, 5) is 4.35. The first kappa shape index (κ1) is 16.9. The molecule has 0 radical (unpaired) electrons. The summed E-state index contributed by atoms with van der Waals surface area (Å²) in [5, 5.41) is 7.49. The van der Waals surface area contributed by atoms with Gasteiger partial charge in [-0.2, -0.15) is 4.98 Å². The standard InChI is InChI=1S/C16H20FN3O.ClH/c17-13-8-6-12(7-9-13)16-19-15(21-20-16)10-11-18-14-4-2-1-3-5-14;/h6-9,14,18H,1-5,10-11H2;1H. The first-order valence-corrected chi connectivity index (χ1v) is 7.63. The third-order valence-electron chi connectivity index (χ3n) is 3.95. The fourth-order valence-electron chi connectivity index (χ4n) is 2.76. The molecular formula is C16H21ClFN3O. The minimum atomic E-state index is -0.265. The van der Waals surface area contributed by atoms with E-state index >= 15 is 0 Å². The Kier molecular flexibility index (Phi) is 6.34. The van der Waals surface area contributed by atoms with E-state index in [4.69, 9.17) is 4.52 Å². The van der Waals surface area contributed by atoms with Crippen LogP contribution < -0.4 is 5.32 Å². The number of hydrogen-bond acceptors (Lipinski definition) is 4. The predicted octanol–water partition coefficient (Wildman–Crippen LogP) is 3.76. The number of benzene rings is 1. The van der Waals surface area contributed by atoms with Crippen LogP contribution in [-0.4, -0.2) is 22.7 Å². The molecule has 22 heavy (non-hydrogen) atoms. The van der Waals surface area contributed by atoms with Crippen molar-refractivity contribution in [3.05, 3.63) is 36.0 Å². The SMILES string of the molecule is Cl.Fc1ccc(-c2noc(CCNC3CCCCC3)n2)cc1. The molecule has 0 aliphatic heterocycles. The molecule has 0 atom stereocenters. The van der Waals surface area contributed by atoms with Gasteiger partial charge in [-0.05, 0) is 37.1 Å². The molecule has 0 bridgehead atoms. The van der Waals surface area contributed by atoms with Crippen molar-refractivity contribution in [3.8, 4) is 11.4 Å². The Morgan fingerprint density at radius 1 is 1.14 bits per heavy atom. The second-order valence-electron chi connectivity index (χ2n) is 5.56. The number of aromatic nitrogens is 2. The normalized spacial score (nSPS) is 15.5. The van der Waals surface area contributed by atoms with Gasteiger partial charge in [-0.1, -0.05) is 24.4 Å². The Morgan fingerprint density at radius 3 is 2.59 bits per heavy atom. The molecule has 1 aliphatic carbocycles. The summed E-state index contributed by atoms with van der Waals surface area (Å²) in [5.74, 6) is 0.874. The maximum absolute atomic E-state index is 12.9. The minimum Gasteiger partial charge on any atom is -0.339 e. The summed E-state index contributed by atoms with van der Waals surface area (Å²) in [7, 11) is 0. The summed E-state index contributed by atoms with van der Waals surface area (Å²) < 4.78 is 18.1. The number of nitrogens with one attached hydrogen (secondary N) is 1. The van der Waals surface area contributed by atoms with Crippen LogP contribution in [0.3, 0.4) is 0 Å². The van der Waals surface area contributed by atoms with Crippen molar-refractivity contribution >= 4 is 12.4 Å². The molecule has 3 rings (SSSR count). The molecule has 1 N–H and O–H groups in total. The van der Waals surface area contributed by atoms with E-state index in [1.165, 1.54) is 44.2 Å². The van der Waals surface area contributed by atoms with Gasteiger partial charge in [0.2, 0.25) is 11.7 Å².